The molecule has 2 rings (SSSR count). The van der Waals surface area contributed by atoms with Crippen LogP contribution < -0.4 is 5.32 Å². The summed E-state index contributed by atoms with van der Waals surface area (Å²) in [6.07, 6.45) is 4.87. The van der Waals surface area contributed by atoms with Gasteiger partial charge in [-0.05, 0) is 6.08 Å². The average Bonchev–Trinajstić information content (AvgIpc) is 2.65. The Morgan fingerprint density at radius 2 is 2.25 bits per heavy atom. The zero-order valence-electron chi connectivity index (χ0n) is 8.34. The normalized spacial score (nSPS) is 22.9. The molecule has 6 nitrogen and oxygen atoms in total. The number of fused-ring (bicyclic) bond motifs is 1. The standard InChI is InChI=1S/C10H10N2O4/c13-8(14)4-5-12-7-3-1-2-6(7)9(15)11-10(12)16/h1-3,6H,4-5H2,(H,13,14)(H,11,15,16). The molecule has 1 aliphatic carbocycles. The monoisotopic (exact) mass is 222 g/mol. The van der Waals surface area contributed by atoms with E-state index >= 15 is 0 Å². The van der Waals surface area contributed by atoms with Crippen molar-refractivity contribution in [1.29, 1.82) is 0 Å². The maximum atomic E-state index is 11.5. The second-order valence-corrected chi connectivity index (χ2v) is 3.54. The number of rotatable bonds is 3. The zero-order valence-corrected chi connectivity index (χ0v) is 8.34. The maximum Gasteiger partial charge on any atom is 0.328 e. The molecule has 6 heteroatoms. The van der Waals surface area contributed by atoms with Gasteiger partial charge in [-0.3, -0.25) is 19.8 Å². The summed E-state index contributed by atoms with van der Waals surface area (Å²) in [4.78, 5) is 34.6. The predicted octanol–water partition coefficient (Wildman–Crippen LogP) is 0.0828. The number of carboxylic acids is 1. The van der Waals surface area contributed by atoms with Gasteiger partial charge in [-0.2, -0.15) is 0 Å². The Morgan fingerprint density at radius 1 is 1.50 bits per heavy atom. The lowest BCUT2D eigenvalue weighted by Crippen LogP contribution is -2.52. The molecule has 0 spiro atoms. The van der Waals surface area contributed by atoms with Crippen molar-refractivity contribution in [3.63, 3.8) is 0 Å². The van der Waals surface area contributed by atoms with E-state index in [9.17, 15) is 14.4 Å². The Balaban J connectivity index is 2.15. The van der Waals surface area contributed by atoms with Crippen LogP contribution in [-0.4, -0.2) is 34.5 Å². The molecule has 0 bridgehead atoms. The summed E-state index contributed by atoms with van der Waals surface area (Å²) in [7, 11) is 0. The fourth-order valence-electron chi connectivity index (χ4n) is 1.75. The van der Waals surface area contributed by atoms with Gasteiger partial charge in [0.25, 0.3) is 0 Å². The third-order valence-corrected chi connectivity index (χ3v) is 2.51. The fraction of sp³-hybridized carbons (Fsp3) is 0.300. The molecule has 84 valence electrons. The summed E-state index contributed by atoms with van der Waals surface area (Å²) in [5.74, 6) is -1.81. The van der Waals surface area contributed by atoms with Crippen LogP contribution in [0, 0.1) is 5.92 Å². The van der Waals surface area contributed by atoms with Crippen LogP contribution in [0.1, 0.15) is 6.42 Å². The molecule has 0 aromatic heterocycles. The Hall–Kier alpha value is -2.11. The summed E-state index contributed by atoms with van der Waals surface area (Å²) >= 11 is 0. The number of amides is 3. The number of allylic oxidation sites excluding steroid dienone is 2. The molecular formula is C10H10N2O4. The van der Waals surface area contributed by atoms with Gasteiger partial charge >= 0.3 is 12.0 Å². The maximum absolute atomic E-state index is 11.5. The lowest BCUT2D eigenvalue weighted by Gasteiger charge is -2.31. The van der Waals surface area contributed by atoms with Crippen LogP contribution in [0.5, 0.6) is 0 Å². The van der Waals surface area contributed by atoms with E-state index < -0.39 is 17.9 Å². The van der Waals surface area contributed by atoms with Gasteiger partial charge in [-0.25, -0.2) is 4.79 Å². The Kier molecular flexibility index (Phi) is 2.47. The van der Waals surface area contributed by atoms with Crippen molar-refractivity contribution < 1.29 is 19.5 Å². The number of carbonyl (C=O) groups is 3. The minimum atomic E-state index is -0.979. The highest BCUT2D eigenvalue weighted by atomic mass is 16.4. The SMILES string of the molecule is O=C(O)CCN1C(=O)NC(=O)C2C=CC=C21. The third-order valence-electron chi connectivity index (χ3n) is 2.51. The lowest BCUT2D eigenvalue weighted by atomic mass is 10.0. The molecule has 3 amide bonds. The first-order chi connectivity index (χ1) is 7.59. The number of nitrogens with zero attached hydrogens (tertiary/aromatic N) is 1. The number of aliphatic carboxylic acids is 1. The van der Waals surface area contributed by atoms with Crippen molar-refractivity contribution in [2.24, 2.45) is 5.92 Å². The fourth-order valence-corrected chi connectivity index (χ4v) is 1.75. The van der Waals surface area contributed by atoms with Crippen molar-refractivity contribution in [2.45, 2.75) is 6.42 Å². The van der Waals surface area contributed by atoms with Crippen LogP contribution in [0.4, 0.5) is 4.79 Å². The number of hydrogen-bond acceptors (Lipinski definition) is 3. The van der Waals surface area contributed by atoms with Crippen LogP contribution in [0.2, 0.25) is 0 Å². The van der Waals surface area contributed by atoms with E-state index in [1.165, 1.54) is 4.90 Å². The van der Waals surface area contributed by atoms with E-state index in [-0.39, 0.29) is 18.9 Å². The van der Waals surface area contributed by atoms with Gasteiger partial charge in [0.15, 0.2) is 0 Å². The molecule has 1 saturated heterocycles. The first kappa shape index (κ1) is 10.4. The van der Waals surface area contributed by atoms with E-state index in [0.717, 1.165) is 0 Å². The molecule has 1 aliphatic heterocycles. The van der Waals surface area contributed by atoms with Gasteiger partial charge in [0.2, 0.25) is 5.91 Å². The molecule has 2 aliphatic rings. The molecule has 0 aromatic carbocycles. The van der Waals surface area contributed by atoms with Crippen molar-refractivity contribution in [3.05, 3.63) is 23.9 Å². The molecule has 0 radical (unpaired) electrons. The summed E-state index contributed by atoms with van der Waals surface area (Å²) < 4.78 is 0. The number of urea groups is 1. The molecular weight excluding hydrogens is 212 g/mol. The number of nitrogens with one attached hydrogen (secondary N) is 1. The number of carbonyl (C=O) groups excluding carboxylic acids is 2. The number of imide groups is 1. The lowest BCUT2D eigenvalue weighted by molar-refractivity contribution is -0.137. The molecule has 16 heavy (non-hydrogen) atoms. The largest absolute Gasteiger partial charge is 0.481 e. The highest BCUT2D eigenvalue weighted by Crippen LogP contribution is 2.26. The third kappa shape index (κ3) is 1.69. The zero-order chi connectivity index (χ0) is 11.7. The van der Waals surface area contributed by atoms with Gasteiger partial charge < -0.3 is 5.11 Å². The van der Waals surface area contributed by atoms with Gasteiger partial charge in [-0.1, -0.05) is 12.2 Å². The highest BCUT2D eigenvalue weighted by Gasteiger charge is 2.36. The molecule has 1 fully saturated rings. The van der Waals surface area contributed by atoms with E-state index in [0.29, 0.717) is 5.70 Å². The molecule has 2 N–H and O–H groups in total. The minimum Gasteiger partial charge on any atom is -0.481 e. The van der Waals surface area contributed by atoms with Crippen LogP contribution in [0.25, 0.3) is 0 Å². The quantitative estimate of drug-likeness (QED) is 0.708. The number of hydrogen-bond donors (Lipinski definition) is 2. The summed E-state index contributed by atoms with van der Waals surface area (Å²) in [5, 5.41) is 10.8. The molecule has 1 heterocycles. The molecule has 1 unspecified atom stereocenters. The Morgan fingerprint density at radius 3 is 2.94 bits per heavy atom. The van der Waals surface area contributed by atoms with E-state index in [1.54, 1.807) is 18.2 Å². The number of carboxylic acid groups (broad SMARTS) is 1. The van der Waals surface area contributed by atoms with Gasteiger partial charge in [0.05, 0.1) is 12.3 Å². The van der Waals surface area contributed by atoms with Crippen molar-refractivity contribution >= 4 is 17.9 Å². The second-order valence-electron chi connectivity index (χ2n) is 3.54. The van der Waals surface area contributed by atoms with Crippen LogP contribution in [0.15, 0.2) is 23.9 Å². The molecule has 0 aromatic rings. The summed E-state index contributed by atoms with van der Waals surface area (Å²) in [5.41, 5.74) is 0.551. The average molecular weight is 222 g/mol. The van der Waals surface area contributed by atoms with Crippen molar-refractivity contribution in [3.8, 4) is 0 Å². The van der Waals surface area contributed by atoms with Crippen molar-refractivity contribution in [2.75, 3.05) is 6.54 Å². The minimum absolute atomic E-state index is 0.0679. The van der Waals surface area contributed by atoms with E-state index in [4.69, 9.17) is 5.11 Å². The van der Waals surface area contributed by atoms with Gasteiger partial charge in [0, 0.05) is 12.2 Å². The second kappa shape index (κ2) is 3.80. The Bertz CT molecular complexity index is 425. The molecule has 1 atom stereocenters. The first-order valence-corrected chi connectivity index (χ1v) is 4.82. The smallest absolute Gasteiger partial charge is 0.328 e. The highest BCUT2D eigenvalue weighted by molar-refractivity contribution is 6.02. The predicted molar refractivity (Wildman–Crippen MR) is 53.2 cm³/mol. The van der Waals surface area contributed by atoms with E-state index in [2.05, 4.69) is 5.32 Å². The topological polar surface area (TPSA) is 86.7 Å². The van der Waals surface area contributed by atoms with Crippen LogP contribution in [0.3, 0.4) is 0 Å². The van der Waals surface area contributed by atoms with E-state index in [1.807, 2.05) is 0 Å². The Labute approximate surface area is 91.2 Å². The van der Waals surface area contributed by atoms with Gasteiger partial charge in [0.1, 0.15) is 0 Å². The van der Waals surface area contributed by atoms with Crippen LogP contribution >= 0.6 is 0 Å². The molecule has 0 saturated carbocycles. The van der Waals surface area contributed by atoms with Crippen LogP contribution in [-0.2, 0) is 9.59 Å². The van der Waals surface area contributed by atoms with Crippen molar-refractivity contribution in [1.82, 2.24) is 10.2 Å². The van der Waals surface area contributed by atoms with Gasteiger partial charge in [-0.15, -0.1) is 0 Å². The summed E-state index contributed by atoms with van der Waals surface area (Å²) in [6, 6.07) is -0.558. The summed E-state index contributed by atoms with van der Waals surface area (Å²) in [6.45, 7) is 0.0679. The first-order valence-electron chi connectivity index (χ1n) is 4.82.